The molecule has 1 aromatic rings. The van der Waals surface area contributed by atoms with E-state index in [0.29, 0.717) is 11.3 Å². The predicted molar refractivity (Wildman–Crippen MR) is 59.4 cm³/mol. The lowest BCUT2D eigenvalue weighted by Gasteiger charge is -2.31. The average Bonchev–Trinajstić information content (AvgIpc) is 2.65. The number of aromatic nitrogens is 1. The summed E-state index contributed by atoms with van der Waals surface area (Å²) in [6.07, 6.45) is 2.65. The third-order valence-electron chi connectivity index (χ3n) is 2.45. The molecule has 1 aliphatic heterocycles. The van der Waals surface area contributed by atoms with Crippen LogP contribution in [0.2, 0.25) is 5.15 Å². The summed E-state index contributed by atoms with van der Waals surface area (Å²) < 4.78 is 5.35. The van der Waals surface area contributed by atoms with E-state index in [9.17, 15) is 0 Å². The Morgan fingerprint density at radius 2 is 2.57 bits per heavy atom. The first kappa shape index (κ1) is 10.2. The van der Waals surface area contributed by atoms with Gasteiger partial charge < -0.3 is 9.64 Å². The summed E-state index contributed by atoms with van der Waals surface area (Å²) in [5.41, 5.74) is 0. The maximum Gasteiger partial charge on any atom is 0.186 e. The van der Waals surface area contributed by atoms with E-state index < -0.39 is 0 Å². The molecule has 1 aliphatic rings. The average molecular weight is 233 g/mol. The number of anilines is 1. The van der Waals surface area contributed by atoms with Crippen LogP contribution in [-0.2, 0) is 4.74 Å². The van der Waals surface area contributed by atoms with Crippen LogP contribution in [0, 0.1) is 0 Å². The highest BCUT2D eigenvalue weighted by Crippen LogP contribution is 2.26. The van der Waals surface area contributed by atoms with Gasteiger partial charge in [0.2, 0.25) is 0 Å². The van der Waals surface area contributed by atoms with Gasteiger partial charge in [-0.3, -0.25) is 0 Å². The molecule has 78 valence electrons. The molecule has 0 aromatic carbocycles. The van der Waals surface area contributed by atoms with E-state index in [1.54, 1.807) is 18.4 Å². The molecular weight excluding hydrogens is 220 g/mol. The van der Waals surface area contributed by atoms with Gasteiger partial charge in [0.05, 0.1) is 6.10 Å². The highest BCUT2D eigenvalue weighted by molar-refractivity contribution is 7.14. The van der Waals surface area contributed by atoms with Crippen LogP contribution in [0.3, 0.4) is 0 Å². The van der Waals surface area contributed by atoms with Crippen molar-refractivity contribution in [2.24, 2.45) is 0 Å². The topological polar surface area (TPSA) is 25.4 Å². The van der Waals surface area contributed by atoms with E-state index in [2.05, 4.69) is 9.88 Å². The van der Waals surface area contributed by atoms with Gasteiger partial charge in [-0.05, 0) is 12.8 Å². The molecule has 2 heterocycles. The maximum absolute atomic E-state index is 5.79. The largest absolute Gasteiger partial charge is 0.380 e. The first-order valence-corrected chi connectivity index (χ1v) is 5.94. The van der Waals surface area contributed by atoms with Crippen molar-refractivity contribution in [1.29, 1.82) is 0 Å². The minimum Gasteiger partial charge on any atom is -0.380 e. The summed E-state index contributed by atoms with van der Waals surface area (Å²) in [7, 11) is 1.77. The van der Waals surface area contributed by atoms with Crippen molar-refractivity contribution in [2.45, 2.75) is 18.9 Å². The van der Waals surface area contributed by atoms with Crippen LogP contribution in [0.25, 0.3) is 0 Å². The smallest absolute Gasteiger partial charge is 0.186 e. The standard InChI is InChI=1S/C9H13ClN2OS/c1-13-7-3-2-4-12(5-7)9-11-8(10)6-14-9/h6-7H,2-5H2,1H3. The van der Waals surface area contributed by atoms with Crippen LogP contribution >= 0.6 is 22.9 Å². The molecule has 14 heavy (non-hydrogen) atoms. The van der Waals surface area contributed by atoms with Gasteiger partial charge in [-0.2, -0.15) is 0 Å². The number of ether oxygens (including phenoxy) is 1. The van der Waals surface area contributed by atoms with Crippen molar-refractivity contribution >= 4 is 28.1 Å². The summed E-state index contributed by atoms with van der Waals surface area (Å²) in [6.45, 7) is 1.99. The lowest BCUT2D eigenvalue weighted by molar-refractivity contribution is 0.0893. The van der Waals surface area contributed by atoms with Gasteiger partial charge in [0.15, 0.2) is 5.13 Å². The van der Waals surface area contributed by atoms with Crippen molar-refractivity contribution < 1.29 is 4.74 Å². The van der Waals surface area contributed by atoms with Gasteiger partial charge in [0.1, 0.15) is 5.15 Å². The molecule has 5 heteroatoms. The molecule has 0 spiro atoms. The van der Waals surface area contributed by atoms with Crippen LogP contribution in [0.15, 0.2) is 5.38 Å². The number of nitrogens with zero attached hydrogens (tertiary/aromatic N) is 2. The summed E-state index contributed by atoms with van der Waals surface area (Å²) in [5, 5.41) is 3.47. The van der Waals surface area contributed by atoms with Crippen LogP contribution in [0.4, 0.5) is 5.13 Å². The van der Waals surface area contributed by atoms with Crippen LogP contribution < -0.4 is 4.90 Å². The molecule has 0 saturated carbocycles. The Kier molecular flexibility index (Phi) is 3.26. The molecule has 3 nitrogen and oxygen atoms in total. The van der Waals surface area contributed by atoms with Gasteiger partial charge in [-0.1, -0.05) is 11.6 Å². The monoisotopic (exact) mass is 232 g/mol. The number of thiazole rings is 1. The Bertz CT molecular complexity index is 305. The zero-order valence-electron chi connectivity index (χ0n) is 8.07. The normalized spacial score (nSPS) is 22.7. The second-order valence-corrected chi connectivity index (χ2v) is 4.62. The predicted octanol–water partition coefficient (Wildman–Crippen LogP) is 2.41. The first-order valence-electron chi connectivity index (χ1n) is 4.68. The van der Waals surface area contributed by atoms with E-state index >= 15 is 0 Å². The molecule has 0 bridgehead atoms. The summed E-state index contributed by atoms with van der Waals surface area (Å²) >= 11 is 7.39. The second kappa shape index (κ2) is 4.47. The minimum absolute atomic E-state index is 0.339. The van der Waals surface area contributed by atoms with Gasteiger partial charge in [0.25, 0.3) is 0 Å². The Balaban J connectivity index is 2.04. The summed E-state index contributed by atoms with van der Waals surface area (Å²) in [4.78, 5) is 6.50. The summed E-state index contributed by atoms with van der Waals surface area (Å²) in [5.74, 6) is 0. The second-order valence-electron chi connectivity index (χ2n) is 3.40. The minimum atomic E-state index is 0.339. The lowest BCUT2D eigenvalue weighted by Crippen LogP contribution is -2.39. The number of methoxy groups -OCH3 is 1. The van der Waals surface area contributed by atoms with Crippen molar-refractivity contribution in [3.63, 3.8) is 0 Å². The molecule has 0 aliphatic carbocycles. The Morgan fingerprint density at radius 3 is 3.21 bits per heavy atom. The number of rotatable bonds is 2. The third kappa shape index (κ3) is 2.19. The molecule has 1 saturated heterocycles. The molecule has 2 rings (SSSR count). The Hall–Kier alpha value is -0.320. The zero-order chi connectivity index (χ0) is 9.97. The number of hydrogen-bond acceptors (Lipinski definition) is 4. The molecule has 0 amide bonds. The quantitative estimate of drug-likeness (QED) is 0.783. The van der Waals surface area contributed by atoms with Crippen molar-refractivity contribution in [2.75, 3.05) is 25.1 Å². The summed E-state index contributed by atoms with van der Waals surface area (Å²) in [6, 6.07) is 0. The number of hydrogen-bond donors (Lipinski definition) is 0. The van der Waals surface area contributed by atoms with Crippen LogP contribution in [-0.4, -0.2) is 31.3 Å². The highest BCUT2D eigenvalue weighted by atomic mass is 35.5. The van der Waals surface area contributed by atoms with Gasteiger partial charge in [-0.25, -0.2) is 4.98 Å². The molecule has 0 radical (unpaired) electrons. The van der Waals surface area contributed by atoms with E-state index in [4.69, 9.17) is 16.3 Å². The zero-order valence-corrected chi connectivity index (χ0v) is 9.64. The van der Waals surface area contributed by atoms with E-state index in [-0.39, 0.29) is 0 Å². The molecule has 1 unspecified atom stereocenters. The molecule has 1 aromatic heterocycles. The van der Waals surface area contributed by atoms with Gasteiger partial charge in [0, 0.05) is 25.6 Å². The Labute approximate surface area is 92.7 Å². The fourth-order valence-electron chi connectivity index (χ4n) is 1.69. The SMILES string of the molecule is COC1CCCN(c2nc(Cl)cs2)C1. The van der Waals surface area contributed by atoms with E-state index in [1.807, 2.05) is 5.38 Å². The third-order valence-corrected chi connectivity index (χ3v) is 3.67. The Morgan fingerprint density at radius 1 is 1.71 bits per heavy atom. The van der Waals surface area contributed by atoms with Gasteiger partial charge in [-0.15, -0.1) is 11.3 Å². The fourth-order valence-corrected chi connectivity index (χ4v) is 2.68. The molecular formula is C9H13ClN2OS. The van der Waals surface area contributed by atoms with Crippen molar-refractivity contribution in [1.82, 2.24) is 4.98 Å². The number of piperidine rings is 1. The van der Waals surface area contributed by atoms with E-state index in [1.165, 1.54) is 0 Å². The molecule has 0 N–H and O–H groups in total. The maximum atomic E-state index is 5.79. The van der Waals surface area contributed by atoms with E-state index in [0.717, 1.165) is 31.1 Å². The van der Waals surface area contributed by atoms with Crippen LogP contribution in [0.1, 0.15) is 12.8 Å². The van der Waals surface area contributed by atoms with Crippen molar-refractivity contribution in [3.05, 3.63) is 10.5 Å². The highest BCUT2D eigenvalue weighted by Gasteiger charge is 2.21. The molecule has 1 atom stereocenters. The van der Waals surface area contributed by atoms with Crippen molar-refractivity contribution in [3.8, 4) is 0 Å². The van der Waals surface area contributed by atoms with Crippen LogP contribution in [0.5, 0.6) is 0 Å². The molecule has 1 fully saturated rings. The van der Waals surface area contributed by atoms with Gasteiger partial charge >= 0.3 is 0 Å². The number of halogens is 1. The first-order chi connectivity index (χ1) is 6.79. The lowest BCUT2D eigenvalue weighted by atomic mass is 10.1. The fraction of sp³-hybridized carbons (Fsp3) is 0.667.